The number of aryl methyl sites for hydroxylation is 2. The third kappa shape index (κ3) is 2.82. The lowest BCUT2D eigenvalue weighted by Crippen LogP contribution is -1.93. The average Bonchev–Trinajstić information content (AvgIpc) is 2.43. The minimum atomic E-state index is -0.239. The highest BCUT2D eigenvalue weighted by Crippen LogP contribution is 2.28. The lowest BCUT2D eigenvalue weighted by Gasteiger charge is -2.06. The molecule has 0 radical (unpaired) electrons. The second-order valence-electron chi connectivity index (χ2n) is 3.55. The van der Waals surface area contributed by atoms with Gasteiger partial charge in [0.05, 0.1) is 6.10 Å². The number of unbranched alkanes of at least 4 members (excludes halogenated alkanes) is 1. The number of thiophene rings is 1. The van der Waals surface area contributed by atoms with Gasteiger partial charge in [-0.25, -0.2) is 0 Å². The molecular weight excluding hydrogens is 180 g/mol. The van der Waals surface area contributed by atoms with Crippen LogP contribution in [0.5, 0.6) is 0 Å². The van der Waals surface area contributed by atoms with Crippen molar-refractivity contribution in [3.63, 3.8) is 0 Å². The normalized spacial score (nSPS) is 13.2. The fourth-order valence-electron chi connectivity index (χ4n) is 1.31. The zero-order chi connectivity index (χ0) is 9.84. The molecule has 1 nitrogen and oxygen atoms in total. The third-order valence-corrected chi connectivity index (χ3v) is 3.60. The van der Waals surface area contributed by atoms with Gasteiger partial charge in [0.25, 0.3) is 0 Å². The Morgan fingerprint density at radius 2 is 2.15 bits per heavy atom. The summed E-state index contributed by atoms with van der Waals surface area (Å²) in [5.41, 5.74) is 1.30. The maximum Gasteiger partial charge on any atom is 0.0882 e. The Morgan fingerprint density at radius 3 is 2.62 bits per heavy atom. The van der Waals surface area contributed by atoms with Crippen molar-refractivity contribution in [3.8, 4) is 0 Å². The van der Waals surface area contributed by atoms with Crippen molar-refractivity contribution in [2.45, 2.75) is 46.1 Å². The van der Waals surface area contributed by atoms with Crippen molar-refractivity contribution >= 4 is 11.3 Å². The molecular formula is C11H18OS. The van der Waals surface area contributed by atoms with Crippen LogP contribution in [0.4, 0.5) is 0 Å². The minimum absolute atomic E-state index is 0.239. The van der Waals surface area contributed by atoms with Crippen LogP contribution in [0, 0.1) is 13.8 Å². The van der Waals surface area contributed by atoms with Gasteiger partial charge in [-0.1, -0.05) is 19.8 Å². The summed E-state index contributed by atoms with van der Waals surface area (Å²) in [6.07, 6.45) is 2.92. The molecule has 0 aliphatic rings. The first kappa shape index (κ1) is 10.7. The summed E-state index contributed by atoms with van der Waals surface area (Å²) >= 11 is 1.72. The highest BCUT2D eigenvalue weighted by atomic mass is 32.1. The summed E-state index contributed by atoms with van der Waals surface area (Å²) in [5.74, 6) is 0. The summed E-state index contributed by atoms with van der Waals surface area (Å²) < 4.78 is 0. The predicted molar refractivity (Wildman–Crippen MR) is 58.3 cm³/mol. The van der Waals surface area contributed by atoms with Gasteiger partial charge in [-0.05, 0) is 31.9 Å². The van der Waals surface area contributed by atoms with E-state index < -0.39 is 0 Å². The summed E-state index contributed by atoms with van der Waals surface area (Å²) in [6, 6.07) is 2.11. The van der Waals surface area contributed by atoms with Crippen molar-refractivity contribution < 1.29 is 5.11 Å². The molecule has 1 rings (SSSR count). The third-order valence-electron chi connectivity index (χ3n) is 2.34. The molecule has 0 fully saturated rings. The quantitative estimate of drug-likeness (QED) is 0.784. The van der Waals surface area contributed by atoms with Crippen LogP contribution in [0.3, 0.4) is 0 Å². The first-order chi connectivity index (χ1) is 6.15. The van der Waals surface area contributed by atoms with E-state index in [4.69, 9.17) is 0 Å². The van der Waals surface area contributed by atoms with E-state index in [1.807, 2.05) is 0 Å². The molecule has 1 atom stereocenters. The molecule has 0 aliphatic carbocycles. The van der Waals surface area contributed by atoms with Crippen molar-refractivity contribution in [2.75, 3.05) is 0 Å². The summed E-state index contributed by atoms with van der Waals surface area (Å²) in [7, 11) is 0. The molecule has 1 aromatic rings. The van der Waals surface area contributed by atoms with Crippen molar-refractivity contribution in [2.24, 2.45) is 0 Å². The number of rotatable bonds is 4. The highest BCUT2D eigenvalue weighted by molar-refractivity contribution is 7.12. The number of aliphatic hydroxyl groups is 1. The molecule has 0 aromatic carbocycles. The highest BCUT2D eigenvalue weighted by Gasteiger charge is 2.10. The number of hydrogen-bond acceptors (Lipinski definition) is 2. The Balaban J connectivity index is 2.60. The molecule has 1 N–H and O–H groups in total. The SMILES string of the molecule is CCCCC(O)c1cc(C)c(C)s1. The van der Waals surface area contributed by atoms with E-state index >= 15 is 0 Å². The van der Waals surface area contributed by atoms with Crippen LogP contribution in [-0.2, 0) is 0 Å². The fraction of sp³-hybridized carbons (Fsp3) is 0.636. The average molecular weight is 198 g/mol. The van der Waals surface area contributed by atoms with E-state index in [9.17, 15) is 5.11 Å². The van der Waals surface area contributed by atoms with Crippen LogP contribution in [0.1, 0.15) is 47.6 Å². The zero-order valence-corrected chi connectivity index (χ0v) is 9.45. The molecule has 1 heterocycles. The molecule has 13 heavy (non-hydrogen) atoms. The molecule has 0 bridgehead atoms. The van der Waals surface area contributed by atoms with E-state index in [0.717, 1.165) is 24.1 Å². The van der Waals surface area contributed by atoms with E-state index in [1.54, 1.807) is 11.3 Å². The van der Waals surface area contributed by atoms with Gasteiger partial charge in [0, 0.05) is 9.75 Å². The molecule has 0 saturated heterocycles. The molecule has 2 heteroatoms. The van der Waals surface area contributed by atoms with E-state index in [0.29, 0.717) is 0 Å². The molecule has 0 aliphatic heterocycles. The van der Waals surface area contributed by atoms with Gasteiger partial charge in [0.2, 0.25) is 0 Å². The Labute approximate surface area is 84.4 Å². The first-order valence-electron chi connectivity index (χ1n) is 4.90. The van der Waals surface area contributed by atoms with Crippen LogP contribution in [0.2, 0.25) is 0 Å². The predicted octanol–water partition coefficient (Wildman–Crippen LogP) is 3.59. The minimum Gasteiger partial charge on any atom is -0.388 e. The van der Waals surface area contributed by atoms with Gasteiger partial charge in [0.1, 0.15) is 0 Å². The van der Waals surface area contributed by atoms with Gasteiger partial charge < -0.3 is 5.11 Å². The zero-order valence-electron chi connectivity index (χ0n) is 8.63. The van der Waals surface area contributed by atoms with Crippen LogP contribution >= 0.6 is 11.3 Å². The Hall–Kier alpha value is -0.340. The monoisotopic (exact) mass is 198 g/mol. The molecule has 1 aromatic heterocycles. The van der Waals surface area contributed by atoms with Crippen molar-refractivity contribution in [3.05, 3.63) is 21.4 Å². The summed E-state index contributed by atoms with van der Waals surface area (Å²) in [4.78, 5) is 2.45. The topological polar surface area (TPSA) is 20.2 Å². The molecule has 0 amide bonds. The fourth-order valence-corrected chi connectivity index (χ4v) is 2.37. The van der Waals surface area contributed by atoms with Gasteiger partial charge >= 0.3 is 0 Å². The second-order valence-corrected chi connectivity index (χ2v) is 4.83. The largest absolute Gasteiger partial charge is 0.388 e. The second kappa shape index (κ2) is 4.77. The summed E-state index contributed by atoms with van der Waals surface area (Å²) in [6.45, 7) is 6.36. The van der Waals surface area contributed by atoms with Gasteiger partial charge in [-0.15, -0.1) is 11.3 Å². The number of hydrogen-bond donors (Lipinski definition) is 1. The van der Waals surface area contributed by atoms with Gasteiger partial charge in [-0.3, -0.25) is 0 Å². The lowest BCUT2D eigenvalue weighted by molar-refractivity contribution is 0.168. The maximum atomic E-state index is 9.80. The van der Waals surface area contributed by atoms with Crippen molar-refractivity contribution in [1.29, 1.82) is 0 Å². The summed E-state index contributed by atoms with van der Waals surface area (Å²) in [5, 5.41) is 9.80. The van der Waals surface area contributed by atoms with Crippen LogP contribution in [-0.4, -0.2) is 5.11 Å². The molecule has 0 saturated carbocycles. The molecule has 1 unspecified atom stereocenters. The van der Waals surface area contributed by atoms with Crippen LogP contribution < -0.4 is 0 Å². The van der Waals surface area contributed by atoms with Crippen LogP contribution in [0.15, 0.2) is 6.07 Å². The van der Waals surface area contributed by atoms with Crippen molar-refractivity contribution in [1.82, 2.24) is 0 Å². The first-order valence-corrected chi connectivity index (χ1v) is 5.71. The van der Waals surface area contributed by atoms with Gasteiger partial charge in [-0.2, -0.15) is 0 Å². The van der Waals surface area contributed by atoms with E-state index in [2.05, 4.69) is 26.8 Å². The van der Waals surface area contributed by atoms with E-state index in [-0.39, 0.29) is 6.10 Å². The molecule has 0 spiro atoms. The number of aliphatic hydroxyl groups excluding tert-OH is 1. The standard InChI is InChI=1S/C11H18OS/c1-4-5-6-10(12)11-7-8(2)9(3)13-11/h7,10,12H,4-6H2,1-3H3. The molecule has 74 valence electrons. The smallest absolute Gasteiger partial charge is 0.0882 e. The Kier molecular flexibility index (Phi) is 3.94. The van der Waals surface area contributed by atoms with Gasteiger partial charge in [0.15, 0.2) is 0 Å². The Morgan fingerprint density at radius 1 is 1.46 bits per heavy atom. The Bertz CT molecular complexity index is 246. The van der Waals surface area contributed by atoms with Crippen LogP contribution in [0.25, 0.3) is 0 Å². The maximum absolute atomic E-state index is 9.80. The van der Waals surface area contributed by atoms with E-state index in [1.165, 1.54) is 10.4 Å². The lowest BCUT2D eigenvalue weighted by atomic mass is 10.1.